The Morgan fingerprint density at radius 3 is 1.34 bits per heavy atom. The Morgan fingerprint density at radius 1 is 0.286 bits per heavy atom. The number of rotatable bonds is 5. The molecule has 0 unspecified atom stereocenters. The zero-order valence-corrected chi connectivity index (χ0v) is 30.3. The summed E-state index contributed by atoms with van der Waals surface area (Å²) in [5.74, 6) is 3.59. The highest BCUT2D eigenvalue weighted by molar-refractivity contribution is 5.89. The van der Waals surface area contributed by atoms with Crippen LogP contribution in [0.5, 0.6) is 11.5 Å². The van der Waals surface area contributed by atoms with Crippen LogP contribution in [0.4, 0.5) is 0 Å². The molecule has 262 valence electrons. The Balaban J connectivity index is 1.04. The van der Waals surface area contributed by atoms with Crippen LogP contribution >= 0.6 is 0 Å². The molecule has 8 aromatic carbocycles. The highest BCUT2D eigenvalue weighted by Crippen LogP contribution is 2.62. The van der Waals surface area contributed by atoms with Gasteiger partial charge >= 0.3 is 0 Å². The van der Waals surface area contributed by atoms with Crippen molar-refractivity contribution in [3.63, 3.8) is 0 Å². The first-order chi connectivity index (χ1) is 27.7. The number of ether oxygens (including phenoxy) is 1. The molecule has 0 saturated heterocycles. The summed E-state index contributed by atoms with van der Waals surface area (Å²) in [6.45, 7) is 0. The Bertz CT molecular complexity index is 2910. The highest BCUT2D eigenvalue weighted by atomic mass is 16.5. The molecule has 2 aliphatic rings. The van der Waals surface area contributed by atoms with Crippen LogP contribution in [0, 0.1) is 0 Å². The molecular formula is C52H33N3O. The molecule has 4 heteroatoms. The topological polar surface area (TPSA) is 47.9 Å². The highest BCUT2D eigenvalue weighted by Gasteiger charge is 2.50. The fraction of sp³-hybridized carbons (Fsp3) is 0.0192. The van der Waals surface area contributed by atoms with Gasteiger partial charge in [-0.2, -0.15) is 0 Å². The summed E-state index contributed by atoms with van der Waals surface area (Å²) in [5, 5.41) is 0. The van der Waals surface area contributed by atoms with Crippen molar-refractivity contribution >= 4 is 0 Å². The number of para-hydroxylation sites is 1. The maximum Gasteiger partial charge on any atom is 0.164 e. The van der Waals surface area contributed by atoms with Crippen molar-refractivity contribution in [1.82, 2.24) is 15.0 Å². The van der Waals surface area contributed by atoms with E-state index in [1.54, 1.807) is 0 Å². The monoisotopic (exact) mass is 715 g/mol. The lowest BCUT2D eigenvalue weighted by Gasteiger charge is -2.39. The van der Waals surface area contributed by atoms with Gasteiger partial charge in [0.2, 0.25) is 0 Å². The predicted octanol–water partition coefficient (Wildman–Crippen LogP) is 12.7. The van der Waals surface area contributed by atoms with Gasteiger partial charge in [0.1, 0.15) is 11.5 Å². The lowest BCUT2D eigenvalue weighted by molar-refractivity contribution is 0.436. The van der Waals surface area contributed by atoms with E-state index in [0.717, 1.165) is 61.6 Å². The van der Waals surface area contributed by atoms with E-state index in [-0.39, 0.29) is 0 Å². The summed E-state index contributed by atoms with van der Waals surface area (Å²) < 4.78 is 6.81. The van der Waals surface area contributed by atoms with Crippen molar-refractivity contribution in [1.29, 1.82) is 0 Å². The molecule has 0 radical (unpaired) electrons. The van der Waals surface area contributed by atoms with Gasteiger partial charge in [-0.15, -0.1) is 0 Å². The van der Waals surface area contributed by atoms with E-state index in [2.05, 4.69) is 164 Å². The summed E-state index contributed by atoms with van der Waals surface area (Å²) in [7, 11) is 0. The number of fused-ring (bicyclic) bond motifs is 9. The van der Waals surface area contributed by atoms with Gasteiger partial charge in [-0.25, -0.2) is 15.0 Å². The first-order valence-corrected chi connectivity index (χ1v) is 18.9. The quantitative estimate of drug-likeness (QED) is 0.178. The van der Waals surface area contributed by atoms with Crippen molar-refractivity contribution < 1.29 is 4.74 Å². The molecule has 1 aliphatic carbocycles. The van der Waals surface area contributed by atoms with Crippen molar-refractivity contribution in [2.45, 2.75) is 5.41 Å². The Labute approximate surface area is 325 Å². The van der Waals surface area contributed by atoms with Gasteiger partial charge in [0.15, 0.2) is 17.5 Å². The number of nitrogens with zero attached hydrogens (tertiary/aromatic N) is 3. The molecule has 2 heterocycles. The van der Waals surface area contributed by atoms with E-state index < -0.39 is 5.41 Å². The molecule has 1 aromatic heterocycles. The molecule has 56 heavy (non-hydrogen) atoms. The SMILES string of the molecule is c1ccc(-c2cccc(-c3nc(-c4ccccc4)nc(-c4cccc(-c5ccc6c(c5)Oc5ccccc5C65c6ccccc6-c6ccccc65)c4)n3)c2)cc1. The second-order valence-electron chi connectivity index (χ2n) is 14.4. The molecule has 0 bridgehead atoms. The Morgan fingerprint density at radius 2 is 0.714 bits per heavy atom. The van der Waals surface area contributed by atoms with Crippen LogP contribution in [-0.2, 0) is 5.41 Å². The van der Waals surface area contributed by atoms with Gasteiger partial charge in [0.05, 0.1) is 5.41 Å². The van der Waals surface area contributed by atoms with Gasteiger partial charge in [-0.05, 0) is 68.8 Å². The van der Waals surface area contributed by atoms with Crippen molar-refractivity contribution in [2.75, 3.05) is 0 Å². The standard InChI is InChI=1S/C52H33N3O/c1-3-15-34(16-4-1)36-19-13-21-39(31-36)50-53-49(35-17-5-2-6-18-35)54-51(55-50)40-22-14-20-37(32-40)38-29-30-46-48(33-38)56-47-28-12-11-27-45(47)52(46)43-25-9-7-23-41(43)42-24-8-10-26-44(42)52/h1-33H. The molecule has 1 spiro atoms. The number of benzene rings is 8. The van der Waals surface area contributed by atoms with Crippen LogP contribution in [0.2, 0.25) is 0 Å². The third-order valence-electron chi connectivity index (χ3n) is 11.2. The normalized spacial score (nSPS) is 12.9. The fourth-order valence-corrected chi connectivity index (χ4v) is 8.70. The maximum absolute atomic E-state index is 6.81. The summed E-state index contributed by atoms with van der Waals surface area (Å²) in [6.07, 6.45) is 0. The molecule has 0 fully saturated rings. The van der Waals surface area contributed by atoms with Gasteiger partial charge in [-0.1, -0.05) is 176 Å². The zero-order valence-electron chi connectivity index (χ0n) is 30.3. The third-order valence-corrected chi connectivity index (χ3v) is 11.2. The first kappa shape index (κ1) is 32.0. The molecule has 0 N–H and O–H groups in total. The van der Waals surface area contributed by atoms with Crippen LogP contribution < -0.4 is 4.74 Å². The summed E-state index contributed by atoms with van der Waals surface area (Å²) >= 11 is 0. The smallest absolute Gasteiger partial charge is 0.164 e. The van der Waals surface area contributed by atoms with E-state index >= 15 is 0 Å². The van der Waals surface area contributed by atoms with E-state index in [0.29, 0.717) is 17.5 Å². The molecule has 4 nitrogen and oxygen atoms in total. The van der Waals surface area contributed by atoms with Crippen LogP contribution in [0.25, 0.3) is 67.5 Å². The van der Waals surface area contributed by atoms with E-state index in [4.69, 9.17) is 19.7 Å². The van der Waals surface area contributed by atoms with Crippen molar-refractivity contribution in [3.8, 4) is 79.0 Å². The first-order valence-electron chi connectivity index (χ1n) is 18.9. The predicted molar refractivity (Wildman–Crippen MR) is 224 cm³/mol. The van der Waals surface area contributed by atoms with E-state index in [1.165, 1.54) is 22.3 Å². The van der Waals surface area contributed by atoms with Gasteiger partial charge in [0, 0.05) is 27.8 Å². The molecular weight excluding hydrogens is 683 g/mol. The average molecular weight is 716 g/mol. The van der Waals surface area contributed by atoms with Crippen LogP contribution in [0.1, 0.15) is 22.3 Å². The second-order valence-corrected chi connectivity index (χ2v) is 14.4. The number of hydrogen-bond acceptors (Lipinski definition) is 4. The number of aromatic nitrogens is 3. The molecule has 11 rings (SSSR count). The Kier molecular flexibility index (Phi) is 7.36. The van der Waals surface area contributed by atoms with E-state index in [9.17, 15) is 0 Å². The van der Waals surface area contributed by atoms with E-state index in [1.807, 2.05) is 36.4 Å². The zero-order chi connectivity index (χ0) is 37.1. The van der Waals surface area contributed by atoms with Crippen LogP contribution in [0.15, 0.2) is 200 Å². The minimum absolute atomic E-state index is 0.495. The lowest BCUT2D eigenvalue weighted by Crippen LogP contribution is -2.32. The minimum atomic E-state index is -0.495. The summed E-state index contributed by atoms with van der Waals surface area (Å²) in [5.41, 5.74) is 14.0. The van der Waals surface area contributed by atoms with Gasteiger partial charge in [-0.3, -0.25) is 0 Å². The van der Waals surface area contributed by atoms with Crippen molar-refractivity contribution in [2.24, 2.45) is 0 Å². The lowest BCUT2D eigenvalue weighted by atomic mass is 9.66. The maximum atomic E-state index is 6.81. The second kappa shape index (κ2) is 12.9. The molecule has 0 amide bonds. The fourth-order valence-electron chi connectivity index (χ4n) is 8.70. The largest absolute Gasteiger partial charge is 0.457 e. The van der Waals surface area contributed by atoms with Crippen LogP contribution in [0.3, 0.4) is 0 Å². The molecule has 0 atom stereocenters. The molecule has 0 saturated carbocycles. The molecule has 9 aromatic rings. The molecule has 1 aliphatic heterocycles. The van der Waals surface area contributed by atoms with Gasteiger partial charge in [0.25, 0.3) is 0 Å². The van der Waals surface area contributed by atoms with Gasteiger partial charge < -0.3 is 4.74 Å². The minimum Gasteiger partial charge on any atom is -0.457 e. The third kappa shape index (κ3) is 5.04. The average Bonchev–Trinajstić information content (AvgIpc) is 3.57. The van der Waals surface area contributed by atoms with Crippen molar-refractivity contribution in [3.05, 3.63) is 222 Å². The number of hydrogen-bond donors (Lipinski definition) is 0. The summed E-state index contributed by atoms with van der Waals surface area (Å²) in [4.78, 5) is 15.2. The Hall–Kier alpha value is -7.43. The summed E-state index contributed by atoms with van der Waals surface area (Å²) in [6, 6.07) is 70.2. The van der Waals surface area contributed by atoms with Crippen LogP contribution in [-0.4, -0.2) is 15.0 Å².